The zero-order valence-electron chi connectivity index (χ0n) is 18.9. The van der Waals surface area contributed by atoms with Gasteiger partial charge in [0, 0.05) is 24.0 Å². The monoisotopic (exact) mass is 424 g/mol. The van der Waals surface area contributed by atoms with E-state index in [2.05, 4.69) is 39.8 Å². The highest BCUT2D eigenvalue weighted by atomic mass is 16.5. The maximum absolute atomic E-state index is 11.7. The number of rotatable bonds is 6. The minimum absolute atomic E-state index is 0.0875. The van der Waals surface area contributed by atoms with Gasteiger partial charge in [-0.1, -0.05) is 30.3 Å². The lowest BCUT2D eigenvalue weighted by atomic mass is 9.90. The third kappa shape index (κ3) is 4.72. The standard InChI is InChI=1S/C26H32O5/c1-16-21(11-10-20-12-19(27)13-23(28)30-20)25-22(14-26(3,4)31-25)17(2)24(16)29-15-18-8-6-5-7-9-18/h5-9,19-20,27H,10-15H2,1-4H3. The number of fused-ring (bicyclic) bond motifs is 1. The van der Waals surface area contributed by atoms with Crippen molar-refractivity contribution in [2.24, 2.45) is 0 Å². The first-order chi connectivity index (χ1) is 14.7. The van der Waals surface area contributed by atoms with E-state index in [4.69, 9.17) is 14.2 Å². The molecule has 0 aromatic heterocycles. The van der Waals surface area contributed by atoms with Gasteiger partial charge in [-0.25, -0.2) is 0 Å². The molecule has 1 fully saturated rings. The number of ether oxygens (including phenoxy) is 3. The number of esters is 1. The van der Waals surface area contributed by atoms with Crippen LogP contribution in [0.2, 0.25) is 0 Å². The number of benzene rings is 2. The van der Waals surface area contributed by atoms with Crippen LogP contribution in [-0.4, -0.2) is 28.9 Å². The van der Waals surface area contributed by atoms with Crippen molar-refractivity contribution < 1.29 is 24.1 Å². The Morgan fingerprint density at radius 2 is 1.90 bits per heavy atom. The summed E-state index contributed by atoms with van der Waals surface area (Å²) in [5.41, 5.74) is 5.40. The second kappa shape index (κ2) is 8.54. The molecule has 5 heteroatoms. The Kier molecular flexibility index (Phi) is 5.98. The molecular formula is C26H32O5. The van der Waals surface area contributed by atoms with Crippen molar-refractivity contribution in [3.63, 3.8) is 0 Å². The number of hydrogen-bond acceptors (Lipinski definition) is 5. The summed E-state index contributed by atoms with van der Waals surface area (Å²) in [6, 6.07) is 10.2. The normalized spacial score (nSPS) is 21.9. The second-order valence-corrected chi connectivity index (χ2v) is 9.42. The maximum Gasteiger partial charge on any atom is 0.308 e. The quantitative estimate of drug-likeness (QED) is 0.687. The summed E-state index contributed by atoms with van der Waals surface area (Å²) in [7, 11) is 0. The van der Waals surface area contributed by atoms with Gasteiger partial charge < -0.3 is 19.3 Å². The van der Waals surface area contributed by atoms with Crippen molar-refractivity contribution in [1.29, 1.82) is 0 Å². The van der Waals surface area contributed by atoms with Gasteiger partial charge in [-0.3, -0.25) is 4.79 Å². The smallest absolute Gasteiger partial charge is 0.308 e. The van der Waals surface area contributed by atoms with Crippen molar-refractivity contribution in [3.8, 4) is 11.5 Å². The summed E-state index contributed by atoms with van der Waals surface area (Å²) in [6.07, 6.45) is 1.89. The molecule has 2 unspecified atom stereocenters. The van der Waals surface area contributed by atoms with Crippen molar-refractivity contribution in [2.75, 3.05) is 0 Å². The molecule has 2 aromatic rings. The summed E-state index contributed by atoms with van der Waals surface area (Å²) < 4.78 is 18.2. The van der Waals surface area contributed by atoms with Crippen LogP contribution in [0.3, 0.4) is 0 Å². The van der Waals surface area contributed by atoms with Gasteiger partial charge in [-0.2, -0.15) is 0 Å². The van der Waals surface area contributed by atoms with E-state index < -0.39 is 6.10 Å². The molecule has 2 aliphatic heterocycles. The summed E-state index contributed by atoms with van der Waals surface area (Å²) >= 11 is 0. The SMILES string of the molecule is Cc1c(CCC2CC(O)CC(=O)O2)c2c(c(C)c1OCc1ccccc1)CC(C)(C)O2. The first kappa shape index (κ1) is 21.7. The summed E-state index contributed by atoms with van der Waals surface area (Å²) in [4.78, 5) is 11.7. The Bertz CT molecular complexity index is 964. The molecule has 2 aliphatic rings. The van der Waals surface area contributed by atoms with E-state index in [0.717, 1.165) is 40.2 Å². The molecule has 0 bridgehead atoms. The first-order valence-electron chi connectivity index (χ1n) is 11.1. The number of hydrogen-bond donors (Lipinski definition) is 1. The van der Waals surface area contributed by atoms with Gasteiger partial charge >= 0.3 is 5.97 Å². The number of cyclic esters (lactones) is 1. The number of aliphatic hydroxyl groups excluding tert-OH is 1. The molecule has 0 spiro atoms. The van der Waals surface area contributed by atoms with Crippen LogP contribution in [0.5, 0.6) is 11.5 Å². The van der Waals surface area contributed by atoms with Crippen molar-refractivity contribution >= 4 is 5.97 Å². The van der Waals surface area contributed by atoms with Gasteiger partial charge in [0.15, 0.2) is 0 Å². The van der Waals surface area contributed by atoms with Crippen LogP contribution in [0.1, 0.15) is 60.9 Å². The van der Waals surface area contributed by atoms with Gasteiger partial charge in [0.2, 0.25) is 0 Å². The van der Waals surface area contributed by atoms with Crippen LogP contribution < -0.4 is 9.47 Å². The Morgan fingerprint density at radius 1 is 1.16 bits per heavy atom. The molecule has 2 aromatic carbocycles. The predicted octanol–water partition coefficient (Wildman–Crippen LogP) is 4.60. The van der Waals surface area contributed by atoms with Gasteiger partial charge in [-0.15, -0.1) is 0 Å². The molecule has 1 saturated heterocycles. The lowest BCUT2D eigenvalue weighted by Crippen LogP contribution is -2.32. The van der Waals surface area contributed by atoms with E-state index in [0.29, 0.717) is 25.9 Å². The highest BCUT2D eigenvalue weighted by Gasteiger charge is 2.36. The average molecular weight is 425 g/mol. The summed E-state index contributed by atoms with van der Waals surface area (Å²) in [5, 5.41) is 9.94. The third-order valence-corrected chi connectivity index (χ3v) is 6.29. The predicted molar refractivity (Wildman–Crippen MR) is 119 cm³/mol. The van der Waals surface area contributed by atoms with Crippen LogP contribution in [0.15, 0.2) is 30.3 Å². The van der Waals surface area contributed by atoms with Crippen LogP contribution in [0.25, 0.3) is 0 Å². The molecule has 2 heterocycles. The van der Waals surface area contributed by atoms with E-state index in [1.165, 1.54) is 5.56 Å². The highest BCUT2D eigenvalue weighted by molar-refractivity contribution is 5.71. The van der Waals surface area contributed by atoms with E-state index in [9.17, 15) is 9.90 Å². The second-order valence-electron chi connectivity index (χ2n) is 9.42. The fraction of sp³-hybridized carbons (Fsp3) is 0.500. The Morgan fingerprint density at radius 3 is 2.61 bits per heavy atom. The number of carbonyl (C=O) groups excluding carboxylic acids is 1. The third-order valence-electron chi connectivity index (χ3n) is 6.29. The first-order valence-corrected chi connectivity index (χ1v) is 11.1. The summed E-state index contributed by atoms with van der Waals surface area (Å²) in [6.45, 7) is 8.92. The fourth-order valence-electron chi connectivity index (χ4n) is 4.74. The number of carbonyl (C=O) groups is 1. The van der Waals surface area contributed by atoms with E-state index in [1.54, 1.807) is 0 Å². The average Bonchev–Trinajstić information content (AvgIpc) is 3.03. The van der Waals surface area contributed by atoms with E-state index >= 15 is 0 Å². The molecule has 2 atom stereocenters. The molecule has 166 valence electrons. The topological polar surface area (TPSA) is 65.0 Å². The molecule has 31 heavy (non-hydrogen) atoms. The lowest BCUT2D eigenvalue weighted by molar-refractivity contribution is -0.160. The van der Waals surface area contributed by atoms with Gasteiger partial charge in [0.25, 0.3) is 0 Å². The summed E-state index contributed by atoms with van der Waals surface area (Å²) in [5.74, 6) is 1.55. The minimum Gasteiger partial charge on any atom is -0.488 e. The van der Waals surface area contributed by atoms with E-state index in [1.807, 2.05) is 18.2 Å². The molecule has 5 nitrogen and oxygen atoms in total. The van der Waals surface area contributed by atoms with Crippen molar-refractivity contribution in [1.82, 2.24) is 0 Å². The van der Waals surface area contributed by atoms with Crippen LogP contribution in [0, 0.1) is 13.8 Å². The molecule has 1 N–H and O–H groups in total. The van der Waals surface area contributed by atoms with Crippen LogP contribution in [0.4, 0.5) is 0 Å². The van der Waals surface area contributed by atoms with Crippen LogP contribution >= 0.6 is 0 Å². The molecule has 0 amide bonds. The van der Waals surface area contributed by atoms with Crippen molar-refractivity contribution in [2.45, 2.75) is 84.2 Å². The molecule has 0 aliphatic carbocycles. The van der Waals surface area contributed by atoms with Crippen molar-refractivity contribution in [3.05, 3.63) is 58.1 Å². The van der Waals surface area contributed by atoms with Gasteiger partial charge in [-0.05, 0) is 57.2 Å². The Hall–Kier alpha value is -2.53. The zero-order valence-corrected chi connectivity index (χ0v) is 18.9. The maximum atomic E-state index is 11.7. The minimum atomic E-state index is -0.615. The molecule has 4 rings (SSSR count). The Labute approximate surface area is 184 Å². The lowest BCUT2D eigenvalue weighted by Gasteiger charge is -2.27. The zero-order chi connectivity index (χ0) is 22.2. The van der Waals surface area contributed by atoms with Gasteiger partial charge in [0.1, 0.15) is 29.8 Å². The highest BCUT2D eigenvalue weighted by Crippen LogP contribution is 2.46. The van der Waals surface area contributed by atoms with E-state index in [-0.39, 0.29) is 24.1 Å². The number of aliphatic hydroxyl groups is 1. The fourth-order valence-corrected chi connectivity index (χ4v) is 4.74. The molecular weight excluding hydrogens is 392 g/mol. The van der Waals surface area contributed by atoms with Gasteiger partial charge in [0.05, 0.1) is 12.5 Å². The largest absolute Gasteiger partial charge is 0.488 e. The Balaban J connectivity index is 1.62. The molecule has 0 radical (unpaired) electrons. The van der Waals surface area contributed by atoms with Crippen LogP contribution in [-0.2, 0) is 29.0 Å². The molecule has 0 saturated carbocycles.